The predicted molar refractivity (Wildman–Crippen MR) is 61.2 cm³/mol. The standard InChI is InChI=1S/C9H7N3OS2/c10-9-8-6(3-14-9)13-7(12-8)1-5-2-11-4-15-5/h2-4H,1,10H2. The van der Waals surface area contributed by atoms with Crippen LogP contribution in [0.15, 0.2) is 21.5 Å². The Labute approximate surface area is 93.4 Å². The maximum atomic E-state index is 5.75. The van der Waals surface area contributed by atoms with E-state index in [1.165, 1.54) is 11.3 Å². The maximum Gasteiger partial charge on any atom is 0.200 e. The highest BCUT2D eigenvalue weighted by atomic mass is 32.1. The molecule has 76 valence electrons. The van der Waals surface area contributed by atoms with Crippen LogP contribution in [-0.4, -0.2) is 9.97 Å². The van der Waals surface area contributed by atoms with Crippen molar-refractivity contribution in [1.82, 2.24) is 9.97 Å². The lowest BCUT2D eigenvalue weighted by Gasteiger charge is -1.88. The lowest BCUT2D eigenvalue weighted by molar-refractivity contribution is 0.546. The molecule has 0 atom stereocenters. The van der Waals surface area contributed by atoms with Gasteiger partial charge in [-0.15, -0.1) is 22.7 Å². The van der Waals surface area contributed by atoms with Gasteiger partial charge in [0.25, 0.3) is 0 Å². The Morgan fingerprint density at radius 1 is 1.40 bits per heavy atom. The molecule has 0 saturated carbocycles. The second-order valence-corrected chi connectivity index (χ2v) is 4.95. The zero-order valence-corrected chi connectivity index (χ0v) is 9.27. The number of nitrogens with two attached hydrogens (primary N) is 1. The van der Waals surface area contributed by atoms with Crippen molar-refractivity contribution in [1.29, 1.82) is 0 Å². The van der Waals surface area contributed by atoms with Crippen LogP contribution in [0.1, 0.15) is 10.8 Å². The molecule has 0 spiro atoms. The molecule has 15 heavy (non-hydrogen) atoms. The van der Waals surface area contributed by atoms with Gasteiger partial charge < -0.3 is 10.2 Å². The van der Waals surface area contributed by atoms with E-state index in [0.717, 1.165) is 16.0 Å². The minimum absolute atomic E-state index is 0.684. The van der Waals surface area contributed by atoms with Gasteiger partial charge in [-0.3, -0.25) is 4.98 Å². The molecule has 0 aliphatic heterocycles. The monoisotopic (exact) mass is 237 g/mol. The predicted octanol–water partition coefficient (Wildman–Crippen LogP) is 2.52. The van der Waals surface area contributed by atoms with Gasteiger partial charge in [-0.1, -0.05) is 0 Å². The normalized spacial score (nSPS) is 11.2. The van der Waals surface area contributed by atoms with Crippen molar-refractivity contribution in [2.24, 2.45) is 0 Å². The van der Waals surface area contributed by atoms with Crippen LogP contribution in [0.5, 0.6) is 0 Å². The van der Waals surface area contributed by atoms with Crippen molar-refractivity contribution in [2.75, 3.05) is 5.73 Å². The Hall–Kier alpha value is -1.40. The Morgan fingerprint density at radius 3 is 3.07 bits per heavy atom. The largest absolute Gasteiger partial charge is 0.439 e. The van der Waals surface area contributed by atoms with Gasteiger partial charge in [0, 0.05) is 16.5 Å². The number of anilines is 1. The van der Waals surface area contributed by atoms with Gasteiger partial charge >= 0.3 is 0 Å². The Morgan fingerprint density at radius 2 is 2.33 bits per heavy atom. The second-order valence-electron chi connectivity index (χ2n) is 3.06. The van der Waals surface area contributed by atoms with Crippen LogP contribution in [0.4, 0.5) is 5.00 Å². The first-order valence-corrected chi connectivity index (χ1v) is 6.08. The average Bonchev–Trinajstić information content (AvgIpc) is 2.88. The Balaban J connectivity index is 1.98. The number of rotatable bonds is 2. The van der Waals surface area contributed by atoms with E-state index in [0.29, 0.717) is 17.3 Å². The zero-order valence-electron chi connectivity index (χ0n) is 7.64. The van der Waals surface area contributed by atoms with Crippen molar-refractivity contribution in [3.8, 4) is 0 Å². The van der Waals surface area contributed by atoms with Gasteiger partial charge in [-0.05, 0) is 0 Å². The lowest BCUT2D eigenvalue weighted by Crippen LogP contribution is -1.85. The fraction of sp³-hybridized carbons (Fsp3) is 0.111. The Bertz CT molecular complexity index is 582. The SMILES string of the molecule is Nc1scc2oc(Cc3cncs3)nc12. The van der Waals surface area contributed by atoms with E-state index >= 15 is 0 Å². The first-order valence-electron chi connectivity index (χ1n) is 4.32. The number of hydrogen-bond acceptors (Lipinski definition) is 6. The lowest BCUT2D eigenvalue weighted by atomic mass is 10.4. The van der Waals surface area contributed by atoms with Gasteiger partial charge in [-0.25, -0.2) is 4.98 Å². The highest BCUT2D eigenvalue weighted by Crippen LogP contribution is 2.28. The number of nitrogens with zero attached hydrogens (tertiary/aromatic N) is 2. The van der Waals surface area contributed by atoms with Crippen LogP contribution in [-0.2, 0) is 6.42 Å². The van der Waals surface area contributed by atoms with E-state index in [9.17, 15) is 0 Å². The molecule has 3 aromatic heterocycles. The van der Waals surface area contributed by atoms with Crippen molar-refractivity contribution < 1.29 is 4.42 Å². The van der Waals surface area contributed by atoms with Gasteiger partial charge in [0.05, 0.1) is 11.9 Å². The number of aromatic nitrogens is 2. The number of thiophene rings is 1. The summed E-state index contributed by atoms with van der Waals surface area (Å²) in [6.45, 7) is 0. The smallest absolute Gasteiger partial charge is 0.200 e. The van der Waals surface area contributed by atoms with Crippen LogP contribution >= 0.6 is 22.7 Å². The van der Waals surface area contributed by atoms with Crippen LogP contribution < -0.4 is 5.73 Å². The summed E-state index contributed by atoms with van der Waals surface area (Å²) in [6, 6.07) is 0. The van der Waals surface area contributed by atoms with E-state index in [4.69, 9.17) is 10.2 Å². The molecule has 0 aliphatic carbocycles. The summed E-state index contributed by atoms with van der Waals surface area (Å²) in [5, 5.41) is 2.60. The highest BCUT2D eigenvalue weighted by molar-refractivity contribution is 7.15. The van der Waals surface area contributed by atoms with Crippen molar-refractivity contribution in [3.05, 3.63) is 27.9 Å². The molecule has 0 fully saturated rings. The molecular weight excluding hydrogens is 230 g/mol. The molecule has 0 saturated heterocycles. The van der Waals surface area contributed by atoms with E-state index < -0.39 is 0 Å². The summed E-state index contributed by atoms with van der Waals surface area (Å²) in [6.07, 6.45) is 2.51. The minimum Gasteiger partial charge on any atom is -0.439 e. The van der Waals surface area contributed by atoms with Gasteiger partial charge in [0.15, 0.2) is 5.58 Å². The summed E-state index contributed by atoms with van der Waals surface area (Å²) in [7, 11) is 0. The van der Waals surface area contributed by atoms with E-state index in [-0.39, 0.29) is 0 Å². The van der Waals surface area contributed by atoms with Crippen LogP contribution in [0.3, 0.4) is 0 Å². The van der Waals surface area contributed by atoms with Crippen molar-refractivity contribution in [3.63, 3.8) is 0 Å². The molecule has 3 aromatic rings. The van der Waals surface area contributed by atoms with Gasteiger partial charge in [0.1, 0.15) is 10.5 Å². The fourth-order valence-corrected chi connectivity index (χ4v) is 2.60. The van der Waals surface area contributed by atoms with Crippen LogP contribution in [0.25, 0.3) is 11.1 Å². The summed E-state index contributed by atoms with van der Waals surface area (Å²) in [5.74, 6) is 0.698. The molecule has 4 nitrogen and oxygen atoms in total. The van der Waals surface area contributed by atoms with Crippen molar-refractivity contribution >= 4 is 38.8 Å². The third-order valence-electron chi connectivity index (χ3n) is 2.03. The highest BCUT2D eigenvalue weighted by Gasteiger charge is 2.11. The molecule has 0 unspecified atom stereocenters. The molecular formula is C9H7N3OS2. The molecule has 0 amide bonds. The third kappa shape index (κ3) is 1.51. The quantitative estimate of drug-likeness (QED) is 0.743. The number of fused-ring (bicyclic) bond motifs is 1. The molecule has 3 heterocycles. The summed E-state index contributed by atoms with van der Waals surface area (Å²) in [4.78, 5) is 9.49. The first-order chi connectivity index (χ1) is 7.33. The number of oxazole rings is 1. The number of nitrogen functional groups attached to an aromatic ring is 1. The number of thiazole rings is 1. The molecule has 2 N–H and O–H groups in total. The first kappa shape index (κ1) is 8.87. The topological polar surface area (TPSA) is 64.9 Å². The average molecular weight is 237 g/mol. The van der Waals surface area contributed by atoms with Crippen molar-refractivity contribution in [2.45, 2.75) is 6.42 Å². The minimum atomic E-state index is 0.684. The van der Waals surface area contributed by atoms with Crippen LogP contribution in [0, 0.1) is 0 Å². The maximum absolute atomic E-state index is 5.75. The van der Waals surface area contributed by atoms with E-state index in [2.05, 4.69) is 9.97 Å². The van der Waals surface area contributed by atoms with E-state index in [1.807, 2.05) is 11.6 Å². The molecule has 0 aliphatic rings. The Kier molecular flexibility index (Phi) is 1.96. The van der Waals surface area contributed by atoms with E-state index in [1.54, 1.807) is 16.8 Å². The van der Waals surface area contributed by atoms with Gasteiger partial charge in [0.2, 0.25) is 5.89 Å². The fourth-order valence-electron chi connectivity index (χ4n) is 1.36. The second kappa shape index (κ2) is 3.32. The summed E-state index contributed by atoms with van der Waals surface area (Å²) >= 11 is 3.05. The molecule has 6 heteroatoms. The third-order valence-corrected chi connectivity index (χ3v) is 3.59. The molecule has 0 radical (unpaired) electrons. The van der Waals surface area contributed by atoms with Gasteiger partial charge in [-0.2, -0.15) is 0 Å². The summed E-state index contributed by atoms with van der Waals surface area (Å²) < 4.78 is 5.56. The molecule has 3 rings (SSSR count). The molecule has 0 bridgehead atoms. The molecule has 0 aromatic carbocycles. The number of hydrogen-bond donors (Lipinski definition) is 1. The summed E-state index contributed by atoms with van der Waals surface area (Å²) in [5.41, 5.74) is 9.10. The van der Waals surface area contributed by atoms with Crippen LogP contribution in [0.2, 0.25) is 0 Å². The zero-order chi connectivity index (χ0) is 10.3.